The largest absolute Gasteiger partial charge is 0.478 e. The van der Waals surface area contributed by atoms with Gasteiger partial charge in [-0.2, -0.15) is 0 Å². The van der Waals surface area contributed by atoms with Gasteiger partial charge >= 0.3 is 5.97 Å². The van der Waals surface area contributed by atoms with Crippen LogP contribution < -0.4 is 5.32 Å². The smallest absolute Gasteiger partial charge is 0.338 e. The molecule has 1 aromatic rings. The molecule has 2 N–H and O–H groups in total. The Balaban J connectivity index is 2.06. The lowest BCUT2D eigenvalue weighted by Gasteiger charge is -2.32. The van der Waals surface area contributed by atoms with E-state index in [2.05, 4.69) is 10.3 Å². The van der Waals surface area contributed by atoms with Gasteiger partial charge in [0, 0.05) is 32.3 Å². The topological polar surface area (TPSA) is 99.6 Å². The number of carbonyl (C=O) groups excluding carboxylic acids is 2. The van der Waals surface area contributed by atoms with Gasteiger partial charge in [-0.1, -0.05) is 0 Å². The number of amides is 2. The third kappa shape index (κ3) is 3.56. The second kappa shape index (κ2) is 6.34. The summed E-state index contributed by atoms with van der Waals surface area (Å²) >= 11 is 0. The highest BCUT2D eigenvalue weighted by molar-refractivity contribution is 6.03. The molecule has 1 aliphatic rings. The summed E-state index contributed by atoms with van der Waals surface area (Å²) in [6.45, 7) is 2.41. The molecule has 112 valence electrons. The van der Waals surface area contributed by atoms with Crippen LogP contribution in [0.4, 0.5) is 0 Å². The number of aromatic nitrogens is 1. The zero-order chi connectivity index (χ0) is 15.4. The Hall–Kier alpha value is -2.44. The quantitative estimate of drug-likeness (QED) is 0.845. The van der Waals surface area contributed by atoms with E-state index < -0.39 is 5.97 Å². The van der Waals surface area contributed by atoms with E-state index >= 15 is 0 Å². The first-order chi connectivity index (χ1) is 9.99. The fraction of sp³-hybridized carbons (Fsp3) is 0.429. The van der Waals surface area contributed by atoms with Crippen molar-refractivity contribution in [2.24, 2.45) is 0 Å². The normalized spacial score (nSPS) is 15.6. The standard InChI is InChI=1S/C14H17N3O4/c1-9(18)16-10-4-7-17(8-5-10)13(19)12-11(14(20)21)3-2-6-15-12/h2-3,6,10H,4-5,7-8H2,1H3,(H,16,18)(H,20,21). The van der Waals surface area contributed by atoms with Crippen LogP contribution in [-0.4, -0.2) is 51.9 Å². The summed E-state index contributed by atoms with van der Waals surface area (Å²) in [5, 5.41) is 11.9. The summed E-state index contributed by atoms with van der Waals surface area (Å²) in [7, 11) is 0. The van der Waals surface area contributed by atoms with Gasteiger partial charge in [0.05, 0.1) is 5.56 Å². The average Bonchev–Trinajstić information content (AvgIpc) is 2.46. The van der Waals surface area contributed by atoms with E-state index in [0.717, 1.165) is 0 Å². The Morgan fingerprint density at radius 3 is 2.57 bits per heavy atom. The maximum atomic E-state index is 12.4. The predicted octanol–water partition coefficient (Wildman–Crippen LogP) is 0.520. The van der Waals surface area contributed by atoms with Gasteiger partial charge in [0.2, 0.25) is 5.91 Å². The second-order valence-corrected chi connectivity index (χ2v) is 4.97. The molecule has 0 aliphatic carbocycles. The number of pyridine rings is 1. The number of rotatable bonds is 3. The van der Waals surface area contributed by atoms with Crippen molar-refractivity contribution in [1.29, 1.82) is 0 Å². The SMILES string of the molecule is CC(=O)NC1CCN(C(=O)c2ncccc2C(=O)O)CC1. The van der Waals surface area contributed by atoms with Crippen LogP contribution in [0.1, 0.15) is 40.6 Å². The van der Waals surface area contributed by atoms with Crippen LogP contribution in [-0.2, 0) is 4.79 Å². The van der Waals surface area contributed by atoms with E-state index in [-0.39, 0.29) is 29.1 Å². The van der Waals surface area contributed by atoms with Crippen molar-refractivity contribution < 1.29 is 19.5 Å². The number of aromatic carboxylic acids is 1. The first-order valence-electron chi connectivity index (χ1n) is 6.73. The maximum absolute atomic E-state index is 12.4. The zero-order valence-corrected chi connectivity index (χ0v) is 11.7. The van der Waals surface area contributed by atoms with Crippen LogP contribution in [0.15, 0.2) is 18.3 Å². The van der Waals surface area contributed by atoms with Crippen molar-refractivity contribution in [2.45, 2.75) is 25.8 Å². The molecule has 0 bridgehead atoms. The lowest BCUT2D eigenvalue weighted by molar-refractivity contribution is -0.119. The molecule has 0 aromatic carbocycles. The fourth-order valence-corrected chi connectivity index (χ4v) is 2.41. The molecule has 7 nitrogen and oxygen atoms in total. The summed E-state index contributed by atoms with van der Waals surface area (Å²) in [5.41, 5.74) is -0.130. The van der Waals surface area contributed by atoms with E-state index in [1.54, 1.807) is 4.90 Å². The molecular weight excluding hydrogens is 274 g/mol. The van der Waals surface area contributed by atoms with Crippen molar-refractivity contribution in [3.8, 4) is 0 Å². The maximum Gasteiger partial charge on any atom is 0.338 e. The average molecular weight is 291 g/mol. The summed E-state index contributed by atoms with van der Waals surface area (Å²) in [6.07, 6.45) is 2.71. The Labute approximate surface area is 122 Å². The van der Waals surface area contributed by atoms with Gasteiger partial charge in [-0.25, -0.2) is 4.79 Å². The number of carboxylic acids is 1. The minimum Gasteiger partial charge on any atom is -0.478 e. The Morgan fingerprint density at radius 2 is 2.00 bits per heavy atom. The van der Waals surface area contributed by atoms with E-state index in [1.807, 2.05) is 0 Å². The van der Waals surface area contributed by atoms with Crippen LogP contribution in [0.25, 0.3) is 0 Å². The van der Waals surface area contributed by atoms with Crippen LogP contribution >= 0.6 is 0 Å². The molecule has 1 fully saturated rings. The Bertz CT molecular complexity index is 565. The zero-order valence-electron chi connectivity index (χ0n) is 11.7. The summed E-state index contributed by atoms with van der Waals surface area (Å²) in [5.74, 6) is -1.63. The van der Waals surface area contributed by atoms with E-state index in [1.165, 1.54) is 25.3 Å². The van der Waals surface area contributed by atoms with Crippen LogP contribution in [0.5, 0.6) is 0 Å². The van der Waals surface area contributed by atoms with Crippen LogP contribution in [0.2, 0.25) is 0 Å². The molecular formula is C14H17N3O4. The molecule has 2 heterocycles. The number of hydrogen-bond acceptors (Lipinski definition) is 4. The molecule has 0 radical (unpaired) electrons. The number of piperidine rings is 1. The number of nitrogens with zero attached hydrogens (tertiary/aromatic N) is 2. The molecule has 2 amide bonds. The molecule has 1 saturated heterocycles. The predicted molar refractivity (Wildman–Crippen MR) is 73.9 cm³/mol. The molecule has 0 saturated carbocycles. The first kappa shape index (κ1) is 15.0. The molecule has 7 heteroatoms. The molecule has 0 spiro atoms. The fourth-order valence-electron chi connectivity index (χ4n) is 2.41. The van der Waals surface area contributed by atoms with Crippen molar-refractivity contribution in [2.75, 3.05) is 13.1 Å². The van der Waals surface area contributed by atoms with Gasteiger partial charge in [0.15, 0.2) is 0 Å². The highest BCUT2D eigenvalue weighted by Gasteiger charge is 2.27. The number of nitrogens with one attached hydrogen (secondary N) is 1. The van der Waals surface area contributed by atoms with E-state index in [9.17, 15) is 14.4 Å². The van der Waals surface area contributed by atoms with Gasteiger partial charge in [0.1, 0.15) is 5.69 Å². The third-order valence-corrected chi connectivity index (χ3v) is 3.43. The highest BCUT2D eigenvalue weighted by Crippen LogP contribution is 2.15. The van der Waals surface area contributed by atoms with Gasteiger partial charge in [-0.15, -0.1) is 0 Å². The van der Waals surface area contributed by atoms with Gasteiger partial charge in [-0.05, 0) is 25.0 Å². The monoisotopic (exact) mass is 291 g/mol. The van der Waals surface area contributed by atoms with Gasteiger partial charge in [0.25, 0.3) is 5.91 Å². The lowest BCUT2D eigenvalue weighted by atomic mass is 10.0. The number of likely N-dealkylation sites (tertiary alicyclic amines) is 1. The molecule has 21 heavy (non-hydrogen) atoms. The lowest BCUT2D eigenvalue weighted by Crippen LogP contribution is -2.46. The molecule has 2 rings (SSSR count). The van der Waals surface area contributed by atoms with E-state index in [4.69, 9.17) is 5.11 Å². The first-order valence-corrected chi connectivity index (χ1v) is 6.73. The second-order valence-electron chi connectivity index (χ2n) is 4.97. The van der Waals surface area contributed by atoms with Crippen LogP contribution in [0, 0.1) is 0 Å². The van der Waals surface area contributed by atoms with E-state index in [0.29, 0.717) is 25.9 Å². The minimum absolute atomic E-state index is 0.0389. The molecule has 0 unspecified atom stereocenters. The number of carbonyl (C=O) groups is 3. The highest BCUT2D eigenvalue weighted by atomic mass is 16.4. The summed E-state index contributed by atoms with van der Waals surface area (Å²) < 4.78 is 0. The Kier molecular flexibility index (Phi) is 4.52. The molecule has 0 atom stereocenters. The summed E-state index contributed by atoms with van der Waals surface area (Å²) in [4.78, 5) is 40.0. The van der Waals surface area contributed by atoms with Crippen LogP contribution in [0.3, 0.4) is 0 Å². The molecule has 1 aliphatic heterocycles. The van der Waals surface area contributed by atoms with Crippen molar-refractivity contribution in [3.05, 3.63) is 29.6 Å². The summed E-state index contributed by atoms with van der Waals surface area (Å²) in [6, 6.07) is 2.92. The third-order valence-electron chi connectivity index (χ3n) is 3.43. The van der Waals surface area contributed by atoms with Crippen molar-refractivity contribution in [3.63, 3.8) is 0 Å². The van der Waals surface area contributed by atoms with Gasteiger partial charge < -0.3 is 15.3 Å². The Morgan fingerprint density at radius 1 is 1.33 bits per heavy atom. The van der Waals surface area contributed by atoms with Crippen molar-refractivity contribution >= 4 is 17.8 Å². The van der Waals surface area contributed by atoms with Gasteiger partial charge in [-0.3, -0.25) is 14.6 Å². The number of carboxylic acid groups (broad SMARTS) is 1. The van der Waals surface area contributed by atoms with Crippen molar-refractivity contribution in [1.82, 2.24) is 15.2 Å². The minimum atomic E-state index is -1.17. The number of hydrogen-bond donors (Lipinski definition) is 2. The molecule has 1 aromatic heterocycles.